The van der Waals surface area contributed by atoms with Crippen molar-refractivity contribution in [3.63, 3.8) is 0 Å². The molecule has 0 fully saturated rings. The number of hydrogen-bond donors (Lipinski definition) is 0. The molecular formula is C15H25LiO4Si. The predicted octanol–water partition coefficient (Wildman–Crippen LogP) is 0.337. The zero-order valence-electron chi connectivity index (χ0n) is 14.1. The minimum Gasteiger partial charge on any atom is -0.551 e. The van der Waals surface area contributed by atoms with E-state index in [9.17, 15) is 0 Å². The van der Waals surface area contributed by atoms with E-state index >= 15 is 0 Å². The van der Waals surface area contributed by atoms with Gasteiger partial charge in [-0.2, -0.15) is 6.07 Å². The molecule has 0 spiro atoms. The fourth-order valence-electron chi connectivity index (χ4n) is 1.55. The van der Waals surface area contributed by atoms with E-state index in [1.807, 2.05) is 6.07 Å². The third kappa shape index (κ3) is 8.55. The second kappa shape index (κ2) is 10.3. The van der Waals surface area contributed by atoms with E-state index in [0.717, 1.165) is 18.2 Å². The first-order valence-electron chi connectivity index (χ1n) is 6.74. The van der Waals surface area contributed by atoms with Gasteiger partial charge in [0.25, 0.3) is 0 Å². The second-order valence-electron chi connectivity index (χ2n) is 5.78. The van der Waals surface area contributed by atoms with Crippen LogP contribution in [0.5, 0.6) is 11.5 Å². The molecule has 0 aliphatic heterocycles. The molecule has 0 radical (unpaired) electrons. The van der Waals surface area contributed by atoms with Crippen LogP contribution >= 0.6 is 0 Å². The Balaban J connectivity index is 0.00000400. The molecule has 1 aromatic carbocycles. The molecular weight excluding hydrogens is 279 g/mol. The molecule has 6 heteroatoms. The Kier molecular flexibility index (Phi) is 10.1. The molecule has 0 atom stereocenters. The van der Waals surface area contributed by atoms with E-state index in [-0.39, 0.29) is 18.9 Å². The summed E-state index contributed by atoms with van der Waals surface area (Å²) >= 11 is 0. The van der Waals surface area contributed by atoms with Crippen molar-refractivity contribution in [1.82, 2.24) is 0 Å². The first-order chi connectivity index (χ1) is 9.46. The quantitative estimate of drug-likeness (QED) is 0.285. The van der Waals surface area contributed by atoms with Gasteiger partial charge in [-0.05, 0) is 6.04 Å². The van der Waals surface area contributed by atoms with Crippen molar-refractivity contribution in [2.45, 2.75) is 32.3 Å². The summed E-state index contributed by atoms with van der Waals surface area (Å²) in [4.78, 5) is 0. The minimum absolute atomic E-state index is 0. The molecule has 0 aliphatic rings. The molecule has 4 nitrogen and oxygen atoms in total. The van der Waals surface area contributed by atoms with Crippen LogP contribution in [0.15, 0.2) is 12.1 Å². The monoisotopic (exact) mass is 304 g/mol. The Morgan fingerprint density at radius 2 is 1.71 bits per heavy atom. The van der Waals surface area contributed by atoms with Crippen molar-refractivity contribution < 1.29 is 37.8 Å². The van der Waals surface area contributed by atoms with Crippen molar-refractivity contribution in [1.29, 1.82) is 0 Å². The van der Waals surface area contributed by atoms with Gasteiger partial charge in [0, 0.05) is 20.4 Å². The Hall–Kier alpha value is -0.446. The van der Waals surface area contributed by atoms with Crippen LogP contribution < -0.4 is 28.3 Å². The summed E-state index contributed by atoms with van der Waals surface area (Å²) in [6, 6.07) is 7.87. The van der Waals surface area contributed by atoms with Crippen molar-refractivity contribution in [3.05, 3.63) is 23.8 Å². The van der Waals surface area contributed by atoms with Crippen molar-refractivity contribution in [3.8, 4) is 11.5 Å². The summed E-state index contributed by atoms with van der Waals surface area (Å²) in [6.07, 6.45) is 0. The summed E-state index contributed by atoms with van der Waals surface area (Å²) in [5, 5.41) is 0. The summed E-state index contributed by atoms with van der Waals surface area (Å²) in [5.74, 6) is 1.35. The zero-order valence-corrected chi connectivity index (χ0v) is 15.1. The summed E-state index contributed by atoms with van der Waals surface area (Å²) in [5.41, 5.74) is 0.913. The molecule has 0 heterocycles. The van der Waals surface area contributed by atoms with Gasteiger partial charge in [0.2, 0.25) is 0 Å². The first kappa shape index (κ1) is 20.6. The molecule has 1 rings (SSSR count). The molecule has 0 amide bonds. The summed E-state index contributed by atoms with van der Waals surface area (Å²) in [7, 11) is 2.20. The number of benzene rings is 1. The largest absolute Gasteiger partial charge is 1.00 e. The van der Waals surface area contributed by atoms with Crippen LogP contribution in [0.4, 0.5) is 0 Å². The molecule has 114 valence electrons. The van der Waals surface area contributed by atoms with Gasteiger partial charge in [0.15, 0.2) is 0 Å². The van der Waals surface area contributed by atoms with Gasteiger partial charge in [-0.3, -0.25) is 0 Å². The molecule has 1 aromatic rings. The molecule has 0 saturated heterocycles. The van der Waals surface area contributed by atoms with Crippen LogP contribution in [0.3, 0.4) is 0 Å². The number of ether oxygens (including phenoxy) is 4. The number of rotatable bonds is 9. The maximum atomic E-state index is 5.48. The molecule has 0 aromatic heterocycles. The second-order valence-corrected chi connectivity index (χ2v) is 11.4. The van der Waals surface area contributed by atoms with Crippen LogP contribution in [0.25, 0.3) is 0 Å². The Morgan fingerprint density at radius 1 is 1.05 bits per heavy atom. The first-order valence-corrected chi connectivity index (χ1v) is 10.4. The predicted molar refractivity (Wildman–Crippen MR) is 82.1 cm³/mol. The van der Waals surface area contributed by atoms with Crippen LogP contribution in [0.1, 0.15) is 5.56 Å². The van der Waals surface area contributed by atoms with Crippen molar-refractivity contribution >= 4 is 8.07 Å². The Bertz CT molecular complexity index is 407. The van der Waals surface area contributed by atoms with Crippen LogP contribution in [0, 0.1) is 6.07 Å². The Labute approximate surface area is 141 Å². The maximum absolute atomic E-state index is 5.48. The molecule has 0 N–H and O–H groups in total. The average molecular weight is 304 g/mol. The topological polar surface area (TPSA) is 36.9 Å². The van der Waals surface area contributed by atoms with Crippen LogP contribution in [-0.4, -0.2) is 35.7 Å². The smallest absolute Gasteiger partial charge is 0.551 e. The SMILES string of the molecule is COc1c[c-]c(COCOCC[Si](C)(C)C)cc1OC.[Li+]. The maximum Gasteiger partial charge on any atom is 1.00 e. The van der Waals surface area contributed by atoms with Gasteiger partial charge >= 0.3 is 18.9 Å². The molecule has 21 heavy (non-hydrogen) atoms. The molecule has 0 bridgehead atoms. The van der Waals surface area contributed by atoms with Gasteiger partial charge < -0.3 is 18.9 Å². The molecule has 0 unspecified atom stereocenters. The molecule has 0 saturated carbocycles. The third-order valence-electron chi connectivity index (χ3n) is 2.80. The van der Waals surface area contributed by atoms with Gasteiger partial charge in [-0.1, -0.05) is 19.6 Å². The van der Waals surface area contributed by atoms with Gasteiger partial charge in [0.1, 0.15) is 6.79 Å². The normalized spacial score (nSPS) is 10.9. The van der Waals surface area contributed by atoms with Crippen LogP contribution in [-0.2, 0) is 16.1 Å². The standard InChI is InChI=1S/C15H25O4Si.Li/c1-16-14-7-6-13(10-15(14)17-2)11-19-12-18-8-9-20(3,4)5;/h7,10H,8-9,11-12H2,1-5H3;/q-1;+1. The van der Waals surface area contributed by atoms with E-state index < -0.39 is 8.07 Å². The van der Waals surface area contributed by atoms with Gasteiger partial charge in [0.05, 0.1) is 26.6 Å². The zero-order chi connectivity index (χ0) is 15.0. The van der Waals surface area contributed by atoms with E-state index in [1.54, 1.807) is 20.3 Å². The molecule has 0 aliphatic carbocycles. The fourth-order valence-corrected chi connectivity index (χ4v) is 2.31. The summed E-state index contributed by atoms with van der Waals surface area (Å²) < 4.78 is 21.3. The average Bonchev–Trinajstić information content (AvgIpc) is 2.41. The van der Waals surface area contributed by atoms with E-state index in [4.69, 9.17) is 18.9 Å². The van der Waals surface area contributed by atoms with Gasteiger partial charge in [-0.15, -0.1) is 17.7 Å². The van der Waals surface area contributed by atoms with E-state index in [1.165, 1.54) is 0 Å². The van der Waals surface area contributed by atoms with Crippen molar-refractivity contribution in [2.24, 2.45) is 0 Å². The minimum atomic E-state index is -1.02. The van der Waals surface area contributed by atoms with Crippen molar-refractivity contribution in [2.75, 3.05) is 27.6 Å². The summed E-state index contributed by atoms with van der Waals surface area (Å²) in [6.45, 7) is 8.52. The number of hydrogen-bond acceptors (Lipinski definition) is 4. The van der Waals surface area contributed by atoms with Crippen LogP contribution in [0.2, 0.25) is 25.7 Å². The Morgan fingerprint density at radius 3 is 2.29 bits per heavy atom. The number of methoxy groups -OCH3 is 2. The fraction of sp³-hybridized carbons (Fsp3) is 0.600. The van der Waals surface area contributed by atoms with E-state index in [2.05, 4.69) is 25.7 Å². The third-order valence-corrected chi connectivity index (χ3v) is 4.50. The van der Waals surface area contributed by atoms with E-state index in [0.29, 0.717) is 24.9 Å². The van der Waals surface area contributed by atoms with Gasteiger partial charge in [-0.25, -0.2) is 0 Å².